The predicted octanol–water partition coefficient (Wildman–Crippen LogP) is 2.79. The number of nitrogens with two attached hydrogens (primary N) is 1. The maximum absolute atomic E-state index is 5.77. The molecule has 3 N–H and O–H groups in total. The first-order valence-corrected chi connectivity index (χ1v) is 5.29. The Balaban J connectivity index is 2.06. The number of nitrogens with one attached hydrogen (secondary N) is 1. The standard InChI is InChI=1S/C12H18N2/c1-8-3-6-12(8)14-10-4-5-11(13)9(2)7-10/h4-5,7-8,12,14H,3,6,13H2,1-2H3. The molecule has 1 aliphatic carbocycles. The van der Waals surface area contributed by atoms with Gasteiger partial charge < -0.3 is 11.1 Å². The second-order valence-corrected chi connectivity index (χ2v) is 4.38. The van der Waals surface area contributed by atoms with Crippen molar-refractivity contribution < 1.29 is 0 Å². The molecule has 0 aliphatic heterocycles. The third-order valence-corrected chi connectivity index (χ3v) is 3.24. The zero-order valence-corrected chi connectivity index (χ0v) is 8.88. The van der Waals surface area contributed by atoms with E-state index in [0.29, 0.717) is 6.04 Å². The minimum absolute atomic E-state index is 0.665. The molecule has 2 nitrogen and oxygen atoms in total. The lowest BCUT2D eigenvalue weighted by Gasteiger charge is -2.35. The van der Waals surface area contributed by atoms with Gasteiger partial charge in [0.2, 0.25) is 0 Å². The van der Waals surface area contributed by atoms with Crippen LogP contribution in [0.25, 0.3) is 0 Å². The van der Waals surface area contributed by atoms with E-state index >= 15 is 0 Å². The van der Waals surface area contributed by atoms with E-state index in [1.807, 2.05) is 13.0 Å². The van der Waals surface area contributed by atoms with E-state index in [-0.39, 0.29) is 0 Å². The van der Waals surface area contributed by atoms with Gasteiger partial charge in [0.25, 0.3) is 0 Å². The molecule has 1 aliphatic rings. The van der Waals surface area contributed by atoms with Crippen LogP contribution in [0.2, 0.25) is 0 Å². The lowest BCUT2D eigenvalue weighted by molar-refractivity contribution is 0.303. The first kappa shape index (κ1) is 9.38. The van der Waals surface area contributed by atoms with Gasteiger partial charge in [0.05, 0.1) is 0 Å². The summed E-state index contributed by atoms with van der Waals surface area (Å²) in [5.74, 6) is 0.813. The molecule has 2 unspecified atom stereocenters. The molecule has 0 bridgehead atoms. The molecule has 0 radical (unpaired) electrons. The monoisotopic (exact) mass is 190 g/mol. The zero-order chi connectivity index (χ0) is 10.1. The van der Waals surface area contributed by atoms with Gasteiger partial charge in [0, 0.05) is 17.4 Å². The maximum Gasteiger partial charge on any atom is 0.0346 e. The number of anilines is 2. The average molecular weight is 190 g/mol. The van der Waals surface area contributed by atoms with Crippen molar-refractivity contribution in [3.05, 3.63) is 23.8 Å². The summed E-state index contributed by atoms with van der Waals surface area (Å²) in [5.41, 5.74) is 8.99. The van der Waals surface area contributed by atoms with Crippen molar-refractivity contribution in [1.82, 2.24) is 0 Å². The van der Waals surface area contributed by atoms with Crippen LogP contribution in [0, 0.1) is 12.8 Å². The molecule has 0 saturated heterocycles. The molecule has 2 rings (SSSR count). The van der Waals surface area contributed by atoms with Crippen molar-refractivity contribution >= 4 is 11.4 Å². The van der Waals surface area contributed by atoms with Gasteiger partial charge in [0.15, 0.2) is 0 Å². The van der Waals surface area contributed by atoms with Gasteiger partial charge in [-0.05, 0) is 49.4 Å². The highest BCUT2D eigenvalue weighted by atomic mass is 14.9. The van der Waals surface area contributed by atoms with E-state index in [4.69, 9.17) is 5.73 Å². The lowest BCUT2D eigenvalue weighted by Crippen LogP contribution is -2.36. The molecule has 0 aromatic heterocycles. The minimum Gasteiger partial charge on any atom is -0.399 e. The van der Waals surface area contributed by atoms with Crippen molar-refractivity contribution in [3.63, 3.8) is 0 Å². The second-order valence-electron chi connectivity index (χ2n) is 4.38. The van der Waals surface area contributed by atoms with Crippen LogP contribution in [0.15, 0.2) is 18.2 Å². The Morgan fingerprint density at radius 3 is 2.64 bits per heavy atom. The predicted molar refractivity (Wildman–Crippen MR) is 61.4 cm³/mol. The summed E-state index contributed by atoms with van der Waals surface area (Å²) in [7, 11) is 0. The highest BCUT2D eigenvalue weighted by Gasteiger charge is 2.26. The van der Waals surface area contributed by atoms with Crippen LogP contribution in [0.1, 0.15) is 25.3 Å². The van der Waals surface area contributed by atoms with Gasteiger partial charge in [-0.25, -0.2) is 0 Å². The first-order valence-electron chi connectivity index (χ1n) is 5.29. The Morgan fingerprint density at radius 2 is 2.14 bits per heavy atom. The number of aryl methyl sites for hydroxylation is 1. The van der Waals surface area contributed by atoms with Gasteiger partial charge in [-0.1, -0.05) is 6.92 Å². The number of benzene rings is 1. The Kier molecular flexibility index (Phi) is 2.36. The summed E-state index contributed by atoms with van der Waals surface area (Å²) in [4.78, 5) is 0. The van der Waals surface area contributed by atoms with Crippen LogP contribution in [0.4, 0.5) is 11.4 Å². The molecule has 0 amide bonds. The summed E-state index contributed by atoms with van der Waals surface area (Å²) in [6, 6.07) is 6.83. The maximum atomic E-state index is 5.77. The molecule has 2 heteroatoms. The van der Waals surface area contributed by atoms with Crippen molar-refractivity contribution in [2.45, 2.75) is 32.7 Å². The van der Waals surface area contributed by atoms with Crippen molar-refractivity contribution in [3.8, 4) is 0 Å². The van der Waals surface area contributed by atoms with E-state index in [1.165, 1.54) is 18.5 Å². The normalized spacial score (nSPS) is 25.6. The lowest BCUT2D eigenvalue weighted by atomic mass is 9.81. The van der Waals surface area contributed by atoms with Gasteiger partial charge >= 0.3 is 0 Å². The van der Waals surface area contributed by atoms with Gasteiger partial charge in [-0.15, -0.1) is 0 Å². The fourth-order valence-corrected chi connectivity index (χ4v) is 1.86. The topological polar surface area (TPSA) is 38.0 Å². The van der Waals surface area contributed by atoms with Gasteiger partial charge in [-0.3, -0.25) is 0 Å². The molecule has 1 saturated carbocycles. The highest BCUT2D eigenvalue weighted by molar-refractivity contribution is 5.57. The van der Waals surface area contributed by atoms with E-state index in [9.17, 15) is 0 Å². The van der Waals surface area contributed by atoms with Crippen LogP contribution >= 0.6 is 0 Å². The fourth-order valence-electron chi connectivity index (χ4n) is 1.86. The summed E-state index contributed by atoms with van der Waals surface area (Å²) in [6.45, 7) is 4.34. The van der Waals surface area contributed by atoms with E-state index in [1.54, 1.807) is 0 Å². The van der Waals surface area contributed by atoms with E-state index < -0.39 is 0 Å². The third kappa shape index (κ3) is 1.69. The number of nitrogen functional groups attached to an aromatic ring is 1. The molecular formula is C12H18N2. The second kappa shape index (κ2) is 3.52. The summed E-state index contributed by atoms with van der Waals surface area (Å²) in [5, 5.41) is 3.54. The highest BCUT2D eigenvalue weighted by Crippen LogP contribution is 2.30. The van der Waals surface area contributed by atoms with Crippen LogP contribution < -0.4 is 11.1 Å². The average Bonchev–Trinajstić information content (AvgIpc) is 2.17. The summed E-state index contributed by atoms with van der Waals surface area (Å²) < 4.78 is 0. The SMILES string of the molecule is Cc1cc(NC2CCC2C)ccc1N. The van der Waals surface area contributed by atoms with Gasteiger partial charge in [0.1, 0.15) is 0 Å². The van der Waals surface area contributed by atoms with Crippen molar-refractivity contribution in [2.24, 2.45) is 5.92 Å². The molecule has 0 spiro atoms. The Hall–Kier alpha value is -1.18. The fraction of sp³-hybridized carbons (Fsp3) is 0.500. The molecule has 1 fully saturated rings. The van der Waals surface area contributed by atoms with Crippen LogP contribution in [-0.4, -0.2) is 6.04 Å². The first-order chi connectivity index (χ1) is 6.66. The molecular weight excluding hydrogens is 172 g/mol. The number of hydrogen-bond donors (Lipinski definition) is 2. The largest absolute Gasteiger partial charge is 0.399 e. The van der Waals surface area contributed by atoms with E-state index in [0.717, 1.165) is 17.2 Å². The minimum atomic E-state index is 0.665. The van der Waals surface area contributed by atoms with Crippen molar-refractivity contribution in [1.29, 1.82) is 0 Å². The summed E-state index contributed by atoms with van der Waals surface area (Å²) >= 11 is 0. The molecule has 0 heterocycles. The molecule has 14 heavy (non-hydrogen) atoms. The van der Waals surface area contributed by atoms with Crippen molar-refractivity contribution in [2.75, 3.05) is 11.1 Å². The zero-order valence-electron chi connectivity index (χ0n) is 8.88. The number of hydrogen-bond acceptors (Lipinski definition) is 2. The smallest absolute Gasteiger partial charge is 0.0346 e. The molecule has 1 aromatic rings. The summed E-state index contributed by atoms with van der Waals surface area (Å²) in [6.07, 6.45) is 2.65. The van der Waals surface area contributed by atoms with E-state index in [2.05, 4.69) is 24.4 Å². The third-order valence-electron chi connectivity index (χ3n) is 3.24. The Labute approximate surface area is 85.5 Å². The molecule has 2 atom stereocenters. The molecule has 76 valence electrons. The Bertz CT molecular complexity index is 333. The van der Waals surface area contributed by atoms with Gasteiger partial charge in [-0.2, -0.15) is 0 Å². The quantitative estimate of drug-likeness (QED) is 0.704. The number of rotatable bonds is 2. The van der Waals surface area contributed by atoms with Crippen LogP contribution in [-0.2, 0) is 0 Å². The Morgan fingerprint density at radius 1 is 1.36 bits per heavy atom. The van der Waals surface area contributed by atoms with Crippen LogP contribution in [0.5, 0.6) is 0 Å². The van der Waals surface area contributed by atoms with Crippen LogP contribution in [0.3, 0.4) is 0 Å². The molecule has 1 aromatic carbocycles.